The number of ketones is 1. The van der Waals surface area contributed by atoms with E-state index in [4.69, 9.17) is 0 Å². The molecule has 122 valence electrons. The fourth-order valence-electron chi connectivity index (χ4n) is 6.11. The van der Waals surface area contributed by atoms with Crippen molar-refractivity contribution in [3.8, 4) is 0 Å². The van der Waals surface area contributed by atoms with Crippen LogP contribution in [0.1, 0.15) is 56.1 Å². The number of hydrogen-bond donors (Lipinski definition) is 0. The second kappa shape index (κ2) is 5.17. The topological polar surface area (TPSA) is 20.3 Å². The third-order valence-electron chi connectivity index (χ3n) is 7.44. The lowest BCUT2D eigenvalue weighted by Gasteiger charge is -2.59. The summed E-state index contributed by atoms with van der Waals surface area (Å²) in [5.74, 6) is 2.16. The third kappa shape index (κ3) is 2.07. The molecule has 1 heterocycles. The van der Waals surface area contributed by atoms with Crippen LogP contribution in [0, 0.1) is 11.8 Å². The predicted octanol–water partition coefficient (Wildman–Crippen LogP) is 3.72. The van der Waals surface area contributed by atoms with Crippen LogP contribution < -0.4 is 0 Å². The average molecular weight is 309 g/mol. The average Bonchev–Trinajstić information content (AvgIpc) is 2.52. The summed E-state index contributed by atoms with van der Waals surface area (Å²) in [7, 11) is 0. The van der Waals surface area contributed by atoms with E-state index in [1.165, 1.54) is 56.3 Å². The Kier molecular flexibility index (Phi) is 3.20. The van der Waals surface area contributed by atoms with E-state index in [9.17, 15) is 4.79 Å². The monoisotopic (exact) mass is 309 g/mol. The smallest absolute Gasteiger partial charge is 0.133 e. The number of carbonyl (C=O) groups excluding carboxylic acids is 1. The molecule has 2 bridgehead atoms. The maximum Gasteiger partial charge on any atom is 0.133 e. The number of hydrogen-bond acceptors (Lipinski definition) is 2. The van der Waals surface area contributed by atoms with Crippen molar-refractivity contribution in [1.29, 1.82) is 0 Å². The molecule has 0 unspecified atom stereocenters. The first-order valence-electron chi connectivity index (χ1n) is 9.60. The molecule has 1 aliphatic heterocycles. The highest BCUT2D eigenvalue weighted by molar-refractivity contribution is 5.81. The standard InChI is InChI=1S/C21H27NO/c23-17-8-9-19-20-12-16-6-1-2-7-18(16)21(19,13-17)10-11-22(20)14-15-4-3-5-15/h1-2,6-7,15,19-20H,3-5,8-14H2/t19-,20+,21+/m0/s1. The molecule has 23 heavy (non-hydrogen) atoms. The Hall–Kier alpha value is -1.15. The fraction of sp³-hybridized carbons (Fsp3) is 0.667. The maximum absolute atomic E-state index is 12.3. The van der Waals surface area contributed by atoms with Gasteiger partial charge in [-0.3, -0.25) is 9.69 Å². The number of piperidine rings is 1. The summed E-state index contributed by atoms with van der Waals surface area (Å²) in [4.78, 5) is 15.1. The third-order valence-corrected chi connectivity index (χ3v) is 7.44. The van der Waals surface area contributed by atoms with E-state index >= 15 is 0 Å². The Morgan fingerprint density at radius 3 is 2.87 bits per heavy atom. The lowest BCUT2D eigenvalue weighted by atomic mass is 9.52. The quantitative estimate of drug-likeness (QED) is 0.830. The van der Waals surface area contributed by atoms with Crippen LogP contribution in [0.4, 0.5) is 0 Å². The zero-order valence-corrected chi connectivity index (χ0v) is 14.0. The molecular formula is C21H27NO. The van der Waals surface area contributed by atoms with Crippen molar-refractivity contribution in [2.24, 2.45) is 11.8 Å². The summed E-state index contributed by atoms with van der Waals surface area (Å²) in [5, 5.41) is 0. The zero-order valence-electron chi connectivity index (χ0n) is 14.0. The molecule has 2 saturated carbocycles. The van der Waals surface area contributed by atoms with E-state index in [-0.39, 0.29) is 5.41 Å². The van der Waals surface area contributed by atoms with Crippen LogP contribution in [0.15, 0.2) is 24.3 Å². The molecule has 0 N–H and O–H groups in total. The van der Waals surface area contributed by atoms with Crippen LogP contribution in [-0.4, -0.2) is 29.8 Å². The Labute approximate surface area is 139 Å². The van der Waals surface area contributed by atoms with Gasteiger partial charge in [0.15, 0.2) is 0 Å². The minimum absolute atomic E-state index is 0.172. The number of benzene rings is 1. The summed E-state index contributed by atoms with van der Waals surface area (Å²) in [5.41, 5.74) is 3.23. The molecule has 3 atom stereocenters. The highest BCUT2D eigenvalue weighted by atomic mass is 16.1. The number of likely N-dealkylation sites (tertiary alicyclic amines) is 1. The summed E-state index contributed by atoms with van der Waals surface area (Å²) in [6.07, 6.45) is 9.48. The highest BCUT2D eigenvalue weighted by Crippen LogP contribution is 2.55. The van der Waals surface area contributed by atoms with Gasteiger partial charge in [0.2, 0.25) is 0 Å². The molecule has 3 fully saturated rings. The lowest BCUT2D eigenvalue weighted by Crippen LogP contribution is -2.62. The van der Waals surface area contributed by atoms with E-state index in [0.29, 0.717) is 17.7 Å². The van der Waals surface area contributed by atoms with Crippen molar-refractivity contribution in [2.45, 2.75) is 62.8 Å². The summed E-state index contributed by atoms with van der Waals surface area (Å²) < 4.78 is 0. The summed E-state index contributed by atoms with van der Waals surface area (Å²) in [6.45, 7) is 2.52. The maximum atomic E-state index is 12.3. The molecular weight excluding hydrogens is 282 g/mol. The molecule has 0 amide bonds. The van der Waals surface area contributed by atoms with Crippen molar-refractivity contribution in [2.75, 3.05) is 13.1 Å². The second-order valence-corrected chi connectivity index (χ2v) is 8.49. The summed E-state index contributed by atoms with van der Waals surface area (Å²) >= 11 is 0. The fourth-order valence-corrected chi connectivity index (χ4v) is 6.11. The van der Waals surface area contributed by atoms with Crippen molar-refractivity contribution in [3.63, 3.8) is 0 Å². The summed E-state index contributed by atoms with van der Waals surface area (Å²) in [6, 6.07) is 9.72. The van der Waals surface area contributed by atoms with Crippen molar-refractivity contribution < 1.29 is 4.79 Å². The van der Waals surface area contributed by atoms with E-state index in [2.05, 4.69) is 29.2 Å². The number of rotatable bonds is 2. The van der Waals surface area contributed by atoms with Crippen LogP contribution in [0.2, 0.25) is 0 Å². The zero-order chi connectivity index (χ0) is 15.4. The van der Waals surface area contributed by atoms with E-state index in [1.807, 2.05) is 0 Å². The number of carbonyl (C=O) groups is 1. The second-order valence-electron chi connectivity index (χ2n) is 8.49. The molecule has 3 aliphatic carbocycles. The molecule has 0 spiro atoms. The predicted molar refractivity (Wildman–Crippen MR) is 91.5 cm³/mol. The molecule has 0 radical (unpaired) electrons. The van der Waals surface area contributed by atoms with Gasteiger partial charge in [-0.2, -0.15) is 0 Å². The van der Waals surface area contributed by atoms with Gasteiger partial charge in [-0.15, -0.1) is 0 Å². The number of fused-ring (bicyclic) bond motifs is 1. The van der Waals surface area contributed by atoms with Gasteiger partial charge >= 0.3 is 0 Å². The Bertz CT molecular complexity index is 634. The normalized spacial score (nSPS) is 37.0. The van der Waals surface area contributed by atoms with Gasteiger partial charge in [0.05, 0.1) is 0 Å². The molecule has 5 rings (SSSR count). The van der Waals surface area contributed by atoms with Crippen molar-refractivity contribution in [1.82, 2.24) is 4.90 Å². The van der Waals surface area contributed by atoms with E-state index in [0.717, 1.165) is 25.2 Å². The van der Waals surface area contributed by atoms with Gasteiger partial charge in [-0.1, -0.05) is 30.7 Å². The minimum atomic E-state index is 0.172. The molecule has 4 aliphatic rings. The largest absolute Gasteiger partial charge is 0.300 e. The van der Waals surface area contributed by atoms with Crippen LogP contribution in [0.25, 0.3) is 0 Å². The molecule has 2 heteroatoms. The molecule has 0 aromatic heterocycles. The Morgan fingerprint density at radius 2 is 2.04 bits per heavy atom. The van der Waals surface area contributed by atoms with Crippen molar-refractivity contribution in [3.05, 3.63) is 35.4 Å². The number of Topliss-reactive ketones (excluding diaryl/α,β-unsaturated/α-hetero) is 1. The minimum Gasteiger partial charge on any atom is -0.300 e. The van der Waals surface area contributed by atoms with Gasteiger partial charge in [-0.25, -0.2) is 0 Å². The Morgan fingerprint density at radius 1 is 1.17 bits per heavy atom. The van der Waals surface area contributed by atoms with Gasteiger partial charge in [0.1, 0.15) is 5.78 Å². The van der Waals surface area contributed by atoms with E-state index < -0.39 is 0 Å². The van der Waals surface area contributed by atoms with Gasteiger partial charge in [-0.05, 0) is 61.6 Å². The van der Waals surface area contributed by atoms with Gasteiger partial charge in [0, 0.05) is 30.8 Å². The van der Waals surface area contributed by atoms with Gasteiger partial charge < -0.3 is 0 Å². The Balaban J connectivity index is 1.54. The van der Waals surface area contributed by atoms with Crippen molar-refractivity contribution >= 4 is 5.78 Å². The lowest BCUT2D eigenvalue weighted by molar-refractivity contribution is -0.127. The molecule has 1 aromatic carbocycles. The molecule has 1 saturated heterocycles. The first kappa shape index (κ1) is 14.2. The van der Waals surface area contributed by atoms with E-state index in [1.54, 1.807) is 0 Å². The van der Waals surface area contributed by atoms with Crippen LogP contribution in [0.3, 0.4) is 0 Å². The van der Waals surface area contributed by atoms with Gasteiger partial charge in [0.25, 0.3) is 0 Å². The van der Waals surface area contributed by atoms with Crippen LogP contribution >= 0.6 is 0 Å². The first-order chi connectivity index (χ1) is 11.3. The van der Waals surface area contributed by atoms with Crippen LogP contribution in [-0.2, 0) is 16.6 Å². The molecule has 1 aromatic rings. The molecule has 2 nitrogen and oxygen atoms in total. The number of nitrogens with zero attached hydrogens (tertiary/aromatic N) is 1. The first-order valence-corrected chi connectivity index (χ1v) is 9.60. The van der Waals surface area contributed by atoms with Crippen LogP contribution in [0.5, 0.6) is 0 Å². The SMILES string of the molecule is O=C1CC[C@H]2[C@H]3Cc4ccccc4[C@@]2(CCN3CC2CCC2)C1. The highest BCUT2D eigenvalue weighted by Gasteiger charge is 2.55.